The molecule has 2 aromatic carbocycles. The van der Waals surface area contributed by atoms with Crippen LogP contribution in [-0.4, -0.2) is 19.0 Å². The van der Waals surface area contributed by atoms with Crippen molar-refractivity contribution in [2.75, 3.05) is 0 Å². The zero-order chi connectivity index (χ0) is 27.9. The van der Waals surface area contributed by atoms with E-state index in [1.165, 1.54) is 11.1 Å². The van der Waals surface area contributed by atoms with Gasteiger partial charge in [0.25, 0.3) is 0 Å². The monoisotopic (exact) mass is 946 g/mol. The van der Waals surface area contributed by atoms with Gasteiger partial charge in [-0.1, -0.05) is 83.8 Å². The minimum atomic E-state index is 0. The minimum Gasteiger partial charge on any atom is -1.00 e. The molecule has 0 bridgehead atoms. The van der Waals surface area contributed by atoms with Gasteiger partial charge in [-0.3, -0.25) is 12.2 Å². The molecule has 2 N–H and O–H groups in total. The first-order valence-electron chi connectivity index (χ1n) is 12.6. The molecule has 2 aliphatic carbocycles. The van der Waals surface area contributed by atoms with Gasteiger partial charge in [0.05, 0.1) is 0 Å². The molecular formula is C32H48Cl2Hf2N2Si2-6. The molecule has 0 saturated carbocycles. The number of nitrogens with one attached hydrogen (secondary N) is 2. The van der Waals surface area contributed by atoms with Gasteiger partial charge in [-0.15, -0.1) is 24.2 Å². The van der Waals surface area contributed by atoms with Crippen LogP contribution in [-0.2, 0) is 51.7 Å². The zero-order valence-electron chi connectivity index (χ0n) is 26.1. The third-order valence-electron chi connectivity index (χ3n) is 4.53. The summed E-state index contributed by atoms with van der Waals surface area (Å²) in [4.78, 5) is 0. The Morgan fingerprint density at radius 1 is 0.550 bits per heavy atom. The fourth-order valence-electron chi connectivity index (χ4n) is 3.04. The Morgan fingerprint density at radius 2 is 0.775 bits per heavy atom. The first-order chi connectivity index (χ1) is 17.0. The molecule has 222 valence electrons. The molecule has 0 heterocycles. The average Bonchev–Trinajstić information content (AvgIpc) is 3.57. The van der Waals surface area contributed by atoms with Crippen molar-refractivity contribution in [2.45, 2.75) is 80.6 Å². The van der Waals surface area contributed by atoms with Crippen LogP contribution >= 0.6 is 0 Å². The van der Waals surface area contributed by atoms with Crippen LogP contribution in [0, 0.1) is 53.7 Å². The fourth-order valence-corrected chi connectivity index (χ4v) is 3.04. The van der Waals surface area contributed by atoms with E-state index in [9.17, 15) is 0 Å². The summed E-state index contributed by atoms with van der Waals surface area (Å²) >= 11 is 0. The van der Waals surface area contributed by atoms with Gasteiger partial charge in [0.2, 0.25) is 0 Å². The molecule has 4 rings (SSSR count). The first kappa shape index (κ1) is 52.4. The normalized spacial score (nSPS) is 10.2. The van der Waals surface area contributed by atoms with E-state index in [0.717, 1.165) is 54.1 Å². The number of hydrogen-bond acceptors (Lipinski definition) is 0. The maximum Gasteiger partial charge on any atom is 0.0213 e. The topological polar surface area (TPSA) is 47.6 Å². The van der Waals surface area contributed by atoms with Crippen molar-refractivity contribution < 1.29 is 76.5 Å². The molecule has 2 radical (unpaired) electrons. The van der Waals surface area contributed by atoms with E-state index in [4.69, 9.17) is 11.5 Å². The van der Waals surface area contributed by atoms with Crippen molar-refractivity contribution in [1.82, 2.24) is 0 Å². The van der Waals surface area contributed by atoms with Gasteiger partial charge in [0, 0.05) is 70.7 Å². The van der Waals surface area contributed by atoms with Gasteiger partial charge < -0.3 is 36.3 Å². The molecule has 0 saturated heterocycles. The summed E-state index contributed by atoms with van der Waals surface area (Å²) in [6.07, 6.45) is 20.0. The van der Waals surface area contributed by atoms with Crippen molar-refractivity contribution in [3.8, 4) is 0 Å². The summed E-state index contributed by atoms with van der Waals surface area (Å²) in [5, 5.41) is 0. The van der Waals surface area contributed by atoms with E-state index in [0.29, 0.717) is 11.4 Å². The third kappa shape index (κ3) is 29.3. The van der Waals surface area contributed by atoms with Gasteiger partial charge in [0.1, 0.15) is 0 Å². The maximum absolute atomic E-state index is 7.54. The smallest absolute Gasteiger partial charge is 0.0213 e. The van der Waals surface area contributed by atoms with Crippen molar-refractivity contribution in [3.05, 3.63) is 118 Å². The molecule has 2 aromatic rings. The maximum atomic E-state index is 7.54. The number of rotatable bonds is 0. The molecule has 0 fully saturated rings. The Hall–Kier alpha value is -0.246. The quantitative estimate of drug-likeness (QED) is 0.281. The van der Waals surface area contributed by atoms with Gasteiger partial charge in [-0.05, 0) is 41.5 Å². The average molecular weight is 945 g/mol. The first-order valence-corrected chi connectivity index (χ1v) is 17.2. The number of benzene rings is 2. The fraction of sp³-hybridized carbons (Fsp3) is 0.375. The molecule has 0 aromatic heterocycles. The van der Waals surface area contributed by atoms with E-state index >= 15 is 0 Å². The van der Waals surface area contributed by atoms with Crippen LogP contribution in [0.5, 0.6) is 0 Å². The van der Waals surface area contributed by atoms with Crippen LogP contribution in [0.1, 0.15) is 46.2 Å². The second-order valence-electron chi connectivity index (χ2n) is 8.71. The van der Waals surface area contributed by atoms with Gasteiger partial charge in [-0.2, -0.15) is 12.2 Å². The number of halogens is 2. The molecule has 2 nitrogen and oxygen atoms in total. The van der Waals surface area contributed by atoms with E-state index < -0.39 is 0 Å². The van der Waals surface area contributed by atoms with Gasteiger partial charge in [-0.25, -0.2) is 24.3 Å². The van der Waals surface area contributed by atoms with E-state index in [1.54, 1.807) is 0 Å². The Bertz CT molecular complexity index is 847. The van der Waals surface area contributed by atoms with Gasteiger partial charge >= 0.3 is 0 Å². The van der Waals surface area contributed by atoms with Gasteiger partial charge in [0.15, 0.2) is 0 Å². The second-order valence-corrected chi connectivity index (χ2v) is 11.0. The standard InChI is InChI=1S/2C9H12N.2C5H5.2C2H7Si.2ClH.2Hf/c2*1-6-4-7(2)9(10)8(3)5-6;2*1-2-4-5-3-1;2*1-3-2;;;;/h2*4-5,10H,1-3H3;2*1-3H,4H2;2*3H,1-2H3;2*1H;;/q4*-1;;;;;;/p-2. The predicted octanol–water partition coefficient (Wildman–Crippen LogP) is 4.24. The summed E-state index contributed by atoms with van der Waals surface area (Å²) < 4.78 is 0. The second kappa shape index (κ2) is 35.0. The van der Waals surface area contributed by atoms with Crippen LogP contribution < -0.4 is 24.8 Å². The van der Waals surface area contributed by atoms with Crippen molar-refractivity contribution >= 4 is 30.4 Å². The molecule has 0 atom stereocenters. The SMILES string of the molecule is C[SiH]C.C[SiH]C.Cc1cc(C)c([NH-])c(C)c1.Cc1cc(C)c([NH-])c(C)c1.[C-]1=CC=CC1.[C-]1=CC=CC1.[Cl-].[Cl-].[Hf].[Hf]. The van der Waals surface area contributed by atoms with Crippen LogP contribution in [0.2, 0.25) is 26.2 Å². The number of aryl methyl sites for hydroxylation is 6. The summed E-state index contributed by atoms with van der Waals surface area (Å²) in [6, 6.07) is 8.15. The predicted molar refractivity (Wildman–Crippen MR) is 170 cm³/mol. The van der Waals surface area contributed by atoms with Crippen LogP contribution in [0.25, 0.3) is 11.5 Å². The Morgan fingerprint density at radius 3 is 0.900 bits per heavy atom. The van der Waals surface area contributed by atoms with E-state index in [2.05, 4.69) is 64.3 Å². The zero-order valence-corrected chi connectivity index (χ0v) is 37.1. The molecule has 0 unspecified atom stereocenters. The van der Waals surface area contributed by atoms with Crippen LogP contribution in [0.15, 0.2) is 60.7 Å². The summed E-state index contributed by atoms with van der Waals surface area (Å²) in [7, 11) is 1.50. The molecule has 0 amide bonds. The van der Waals surface area contributed by atoms with Crippen molar-refractivity contribution in [2.24, 2.45) is 0 Å². The Kier molecular flexibility index (Phi) is 45.8. The molecule has 0 aliphatic heterocycles. The van der Waals surface area contributed by atoms with Crippen LogP contribution in [0.3, 0.4) is 0 Å². The summed E-state index contributed by atoms with van der Waals surface area (Å²) in [6.45, 7) is 20.8. The van der Waals surface area contributed by atoms with Crippen molar-refractivity contribution in [3.63, 3.8) is 0 Å². The Balaban J connectivity index is -0.0000000901. The largest absolute Gasteiger partial charge is 1.00 e. The van der Waals surface area contributed by atoms with Crippen molar-refractivity contribution in [1.29, 1.82) is 0 Å². The number of allylic oxidation sites excluding steroid dienone is 8. The molecular weight excluding hydrogens is 896 g/mol. The Labute approximate surface area is 302 Å². The molecule has 0 spiro atoms. The third-order valence-corrected chi connectivity index (χ3v) is 4.53. The molecule has 2 aliphatic rings. The minimum absolute atomic E-state index is 0. The molecule has 40 heavy (non-hydrogen) atoms. The summed E-state index contributed by atoms with van der Waals surface area (Å²) in [5.41, 5.74) is 23.2. The van der Waals surface area contributed by atoms with Crippen LogP contribution in [0.4, 0.5) is 11.4 Å². The van der Waals surface area contributed by atoms with E-state index in [1.807, 2.05) is 76.3 Å². The number of hydrogen-bond donors (Lipinski definition) is 0. The molecule has 8 heteroatoms. The van der Waals surface area contributed by atoms with E-state index in [-0.39, 0.29) is 76.5 Å². The summed E-state index contributed by atoms with van der Waals surface area (Å²) in [5.74, 6) is 0.